The summed E-state index contributed by atoms with van der Waals surface area (Å²) >= 11 is 0. The Morgan fingerprint density at radius 1 is 1.09 bits per heavy atom. The summed E-state index contributed by atoms with van der Waals surface area (Å²) in [4.78, 5) is 31.9. The molecule has 2 aromatic heterocycles. The van der Waals surface area contributed by atoms with Crippen molar-refractivity contribution in [2.45, 2.75) is 64.8 Å². The lowest BCUT2D eigenvalue weighted by molar-refractivity contribution is -0.134. The van der Waals surface area contributed by atoms with Gasteiger partial charge in [0.25, 0.3) is 0 Å². The number of fused-ring (bicyclic) bond motifs is 6. The van der Waals surface area contributed by atoms with E-state index in [1.54, 1.807) is 0 Å². The van der Waals surface area contributed by atoms with E-state index >= 15 is 0 Å². The average molecular weight is 590 g/mol. The number of hydrogen-bond donors (Lipinski definition) is 4. The third-order valence-corrected chi connectivity index (χ3v) is 9.77. The van der Waals surface area contributed by atoms with Crippen LogP contribution in [0.2, 0.25) is 0 Å². The SMILES string of the molecule is CC(C)[C@H](N)C(=O)N1C[C@@H](C)C[C@H]1c1ncc(-c2ccc3c(c2)COc2cc4c(ccc5[nH]c([C@@H]6CCCN6)nc54)cc2-3)[nH]1. The Bertz CT molecular complexity index is 1900. The maximum atomic E-state index is 13.2. The van der Waals surface area contributed by atoms with E-state index in [-0.39, 0.29) is 17.9 Å². The monoisotopic (exact) mass is 589 g/mol. The van der Waals surface area contributed by atoms with Gasteiger partial charge in [0.05, 0.1) is 41.0 Å². The molecule has 5 aromatic rings. The van der Waals surface area contributed by atoms with Crippen LogP contribution in [0.4, 0.5) is 0 Å². The standard InChI is InChI=1S/C35H39N7O2/c1-18(2)31(36)35(43)42-16-19(3)11-29(42)34-38-15-28(40-34)21-6-8-23-22(12-21)17-44-30-14-24-20(13-25(23)30)7-9-26-32(24)41-33(39-26)27-5-4-10-37-27/h6-9,12-15,18-19,27,29,31,37H,4-5,10-11,16-17,36H2,1-3H3,(H,38,40)(H,39,41)/t19-,27-,29-,31-/m0/s1. The van der Waals surface area contributed by atoms with Crippen molar-refractivity contribution in [3.05, 3.63) is 65.9 Å². The summed E-state index contributed by atoms with van der Waals surface area (Å²) in [5, 5.41) is 5.80. The lowest BCUT2D eigenvalue weighted by atomic mass is 9.92. The second-order valence-electron chi connectivity index (χ2n) is 13.3. The summed E-state index contributed by atoms with van der Waals surface area (Å²) in [6.07, 6.45) is 5.04. The fourth-order valence-corrected chi connectivity index (χ4v) is 7.23. The van der Waals surface area contributed by atoms with Crippen LogP contribution < -0.4 is 15.8 Å². The Kier molecular flexibility index (Phi) is 6.50. The van der Waals surface area contributed by atoms with E-state index < -0.39 is 6.04 Å². The molecular formula is C35H39N7O2. The average Bonchev–Trinajstić information content (AvgIpc) is 3.85. The van der Waals surface area contributed by atoms with Crippen LogP contribution in [0.25, 0.3) is 44.2 Å². The van der Waals surface area contributed by atoms with Gasteiger partial charge in [-0.15, -0.1) is 0 Å². The minimum absolute atomic E-state index is 0.00343. The highest BCUT2D eigenvalue weighted by Crippen LogP contribution is 2.43. The van der Waals surface area contributed by atoms with Crippen LogP contribution >= 0.6 is 0 Å². The first-order valence-electron chi connectivity index (χ1n) is 15.9. The molecular weight excluding hydrogens is 550 g/mol. The minimum Gasteiger partial charge on any atom is -0.488 e. The number of ether oxygens (including phenoxy) is 1. The molecule has 3 aliphatic heterocycles. The van der Waals surface area contributed by atoms with Crippen molar-refractivity contribution in [2.24, 2.45) is 17.6 Å². The Morgan fingerprint density at radius 3 is 2.80 bits per heavy atom. The van der Waals surface area contributed by atoms with Crippen LogP contribution in [0.15, 0.2) is 48.7 Å². The Labute approximate surface area is 256 Å². The smallest absolute Gasteiger partial charge is 0.240 e. The van der Waals surface area contributed by atoms with E-state index in [0.717, 1.165) is 81.0 Å². The Hall–Kier alpha value is -4.21. The fraction of sp³-hybridized carbons (Fsp3) is 0.400. The van der Waals surface area contributed by atoms with Gasteiger partial charge in [0.15, 0.2) is 0 Å². The number of carbonyl (C=O) groups excluding carboxylic acids is 1. The quantitative estimate of drug-likeness (QED) is 0.200. The molecule has 3 aromatic carbocycles. The van der Waals surface area contributed by atoms with Gasteiger partial charge in [-0.05, 0) is 84.0 Å². The highest BCUT2D eigenvalue weighted by atomic mass is 16.5. The number of nitrogens with two attached hydrogens (primary N) is 1. The van der Waals surface area contributed by atoms with Gasteiger partial charge in [-0.1, -0.05) is 39.0 Å². The lowest BCUT2D eigenvalue weighted by Gasteiger charge is -2.27. The third kappa shape index (κ3) is 4.49. The van der Waals surface area contributed by atoms with Gasteiger partial charge in [-0.25, -0.2) is 9.97 Å². The number of nitrogens with zero attached hydrogens (tertiary/aromatic N) is 3. The Morgan fingerprint density at radius 2 is 1.98 bits per heavy atom. The zero-order valence-electron chi connectivity index (χ0n) is 25.5. The van der Waals surface area contributed by atoms with Crippen molar-refractivity contribution in [1.82, 2.24) is 30.2 Å². The largest absolute Gasteiger partial charge is 0.488 e. The first-order chi connectivity index (χ1) is 21.3. The molecule has 0 radical (unpaired) electrons. The van der Waals surface area contributed by atoms with Gasteiger partial charge in [-0.2, -0.15) is 0 Å². The number of imidazole rings is 2. The van der Waals surface area contributed by atoms with Gasteiger partial charge in [0, 0.05) is 17.5 Å². The molecule has 2 saturated heterocycles. The number of aromatic amines is 2. The second-order valence-corrected chi connectivity index (χ2v) is 13.3. The summed E-state index contributed by atoms with van der Waals surface area (Å²) in [6, 6.07) is 14.9. The summed E-state index contributed by atoms with van der Waals surface area (Å²) in [5.74, 6) is 3.20. The van der Waals surface area contributed by atoms with Gasteiger partial charge < -0.3 is 30.7 Å². The molecule has 4 atom stereocenters. The van der Waals surface area contributed by atoms with E-state index in [4.69, 9.17) is 20.4 Å². The molecule has 5 heterocycles. The molecule has 0 spiro atoms. The van der Waals surface area contributed by atoms with Crippen molar-refractivity contribution >= 4 is 27.7 Å². The normalized spacial score (nSPS) is 22.0. The van der Waals surface area contributed by atoms with Crippen molar-refractivity contribution in [2.75, 3.05) is 13.1 Å². The predicted molar refractivity (Wildman–Crippen MR) is 172 cm³/mol. The fourth-order valence-electron chi connectivity index (χ4n) is 7.23. The van der Waals surface area contributed by atoms with Crippen LogP contribution in [0, 0.1) is 11.8 Å². The van der Waals surface area contributed by atoms with Crippen molar-refractivity contribution in [1.29, 1.82) is 0 Å². The number of benzene rings is 3. The molecule has 3 aliphatic rings. The molecule has 0 aliphatic carbocycles. The van der Waals surface area contributed by atoms with Crippen LogP contribution in [-0.2, 0) is 11.4 Å². The predicted octanol–water partition coefficient (Wildman–Crippen LogP) is 5.98. The lowest BCUT2D eigenvalue weighted by Crippen LogP contribution is -2.46. The maximum absolute atomic E-state index is 13.2. The molecule has 0 saturated carbocycles. The molecule has 0 unspecified atom stereocenters. The molecule has 1 amide bonds. The number of hydrogen-bond acceptors (Lipinski definition) is 6. The molecule has 8 rings (SSSR count). The van der Waals surface area contributed by atoms with Gasteiger partial charge in [0.2, 0.25) is 5.91 Å². The highest BCUT2D eigenvalue weighted by Gasteiger charge is 2.38. The number of carbonyl (C=O) groups is 1. The van der Waals surface area contributed by atoms with E-state index in [0.29, 0.717) is 25.1 Å². The van der Waals surface area contributed by atoms with Gasteiger partial charge in [0.1, 0.15) is 24.0 Å². The Balaban J connectivity index is 1.09. The maximum Gasteiger partial charge on any atom is 0.240 e. The topological polar surface area (TPSA) is 125 Å². The number of rotatable bonds is 5. The number of nitrogens with one attached hydrogen (secondary N) is 3. The molecule has 0 bridgehead atoms. The second kappa shape index (κ2) is 10.5. The van der Waals surface area contributed by atoms with Crippen LogP contribution in [0.1, 0.15) is 69.3 Å². The number of likely N-dealkylation sites (tertiary alicyclic amines) is 1. The summed E-state index contributed by atoms with van der Waals surface area (Å²) in [7, 11) is 0. The van der Waals surface area contributed by atoms with Crippen LogP contribution in [0.3, 0.4) is 0 Å². The summed E-state index contributed by atoms with van der Waals surface area (Å²) < 4.78 is 6.35. The first-order valence-corrected chi connectivity index (χ1v) is 15.9. The third-order valence-electron chi connectivity index (χ3n) is 9.77. The van der Waals surface area contributed by atoms with Crippen LogP contribution in [-0.4, -0.2) is 49.9 Å². The van der Waals surface area contributed by atoms with Crippen LogP contribution in [0.5, 0.6) is 5.75 Å². The van der Waals surface area contributed by atoms with Crippen molar-refractivity contribution < 1.29 is 9.53 Å². The van der Waals surface area contributed by atoms with E-state index in [2.05, 4.69) is 64.7 Å². The number of H-pyrrole nitrogens is 2. The minimum atomic E-state index is -0.505. The van der Waals surface area contributed by atoms with E-state index in [1.807, 2.05) is 24.9 Å². The summed E-state index contributed by atoms with van der Waals surface area (Å²) in [6.45, 7) is 8.40. The zero-order chi connectivity index (χ0) is 30.1. The molecule has 44 heavy (non-hydrogen) atoms. The number of aromatic nitrogens is 4. The zero-order valence-corrected chi connectivity index (χ0v) is 25.5. The molecule has 5 N–H and O–H groups in total. The molecule has 9 nitrogen and oxygen atoms in total. The molecule has 226 valence electrons. The highest BCUT2D eigenvalue weighted by molar-refractivity contribution is 6.07. The molecule has 2 fully saturated rings. The number of amides is 1. The van der Waals surface area contributed by atoms with Gasteiger partial charge in [-0.3, -0.25) is 4.79 Å². The van der Waals surface area contributed by atoms with E-state index in [9.17, 15) is 4.79 Å². The van der Waals surface area contributed by atoms with Crippen molar-refractivity contribution in [3.8, 4) is 28.1 Å². The van der Waals surface area contributed by atoms with E-state index in [1.165, 1.54) is 12.0 Å². The molecule has 9 heteroatoms. The summed E-state index contributed by atoms with van der Waals surface area (Å²) in [5.41, 5.74) is 13.7. The first kappa shape index (κ1) is 27.3. The van der Waals surface area contributed by atoms with Gasteiger partial charge >= 0.3 is 0 Å². The van der Waals surface area contributed by atoms with Crippen molar-refractivity contribution in [3.63, 3.8) is 0 Å².